The molecule has 4 rings (SSSR count). The van der Waals surface area contributed by atoms with E-state index >= 15 is 0 Å². The number of benzene rings is 4. The number of carbonyl (C=O) groups excluding carboxylic acids is 2. The van der Waals surface area contributed by atoms with E-state index in [0.717, 1.165) is 9.87 Å². The van der Waals surface area contributed by atoms with Gasteiger partial charge in [-0.05, 0) is 59.7 Å². The second-order valence-corrected chi connectivity index (χ2v) is 10.8. The van der Waals surface area contributed by atoms with Crippen LogP contribution in [0.2, 0.25) is 0 Å². The van der Waals surface area contributed by atoms with Crippen molar-refractivity contribution in [3.05, 3.63) is 120 Å². The minimum Gasteiger partial charge on any atom is -0.497 e. The van der Waals surface area contributed by atoms with Gasteiger partial charge in [-0.25, -0.2) is 13.8 Å². The SMILES string of the molecule is COc1cccc(N(CC(=O)N/N=C\c2ccc(OCC(=O)NCc3ccccc3)cc2)S(=O)(=O)c2ccccc2)c1. The molecule has 2 N–H and O–H groups in total. The molecule has 0 fully saturated rings. The lowest BCUT2D eigenvalue weighted by molar-refractivity contribution is -0.123. The largest absolute Gasteiger partial charge is 0.497 e. The van der Waals surface area contributed by atoms with Gasteiger partial charge in [-0.15, -0.1) is 0 Å². The van der Waals surface area contributed by atoms with Crippen molar-refractivity contribution in [1.29, 1.82) is 0 Å². The molecule has 0 unspecified atom stereocenters. The van der Waals surface area contributed by atoms with E-state index in [4.69, 9.17) is 9.47 Å². The number of anilines is 1. The smallest absolute Gasteiger partial charge is 0.264 e. The Morgan fingerprint density at radius 3 is 2.21 bits per heavy atom. The Hall–Kier alpha value is -5.16. The van der Waals surface area contributed by atoms with Crippen molar-refractivity contribution in [3.63, 3.8) is 0 Å². The van der Waals surface area contributed by atoms with Crippen molar-refractivity contribution >= 4 is 33.7 Å². The van der Waals surface area contributed by atoms with Gasteiger partial charge < -0.3 is 14.8 Å². The molecule has 10 nitrogen and oxygen atoms in total. The molecule has 0 spiro atoms. The number of carbonyl (C=O) groups is 2. The first-order chi connectivity index (χ1) is 20.3. The van der Waals surface area contributed by atoms with Crippen LogP contribution in [0.15, 0.2) is 119 Å². The molecule has 11 heteroatoms. The second kappa shape index (κ2) is 14.5. The minimum atomic E-state index is -4.06. The van der Waals surface area contributed by atoms with Gasteiger partial charge in [0.05, 0.1) is 23.9 Å². The third-order valence-corrected chi connectivity index (χ3v) is 7.73. The molecule has 2 amide bonds. The monoisotopic (exact) mass is 586 g/mol. The fourth-order valence-electron chi connectivity index (χ4n) is 3.79. The molecule has 0 aromatic heterocycles. The number of sulfonamides is 1. The van der Waals surface area contributed by atoms with Gasteiger partial charge in [0, 0.05) is 12.6 Å². The van der Waals surface area contributed by atoms with E-state index in [9.17, 15) is 18.0 Å². The van der Waals surface area contributed by atoms with E-state index in [2.05, 4.69) is 15.8 Å². The van der Waals surface area contributed by atoms with E-state index < -0.39 is 22.5 Å². The molecule has 216 valence electrons. The summed E-state index contributed by atoms with van der Waals surface area (Å²) in [6.07, 6.45) is 1.41. The number of amides is 2. The zero-order chi connectivity index (χ0) is 29.8. The standard InChI is InChI=1S/C31H30N4O6S/c1-40-28-12-8-11-26(19-28)35(42(38,39)29-13-6-3-7-14-29)22-30(36)34-33-21-25-15-17-27(18-16-25)41-23-31(37)32-20-24-9-4-2-5-10-24/h2-19,21H,20,22-23H2,1H3,(H,32,37)(H,34,36)/b33-21-. The van der Waals surface area contributed by atoms with E-state index in [1.807, 2.05) is 30.3 Å². The maximum absolute atomic E-state index is 13.4. The molecule has 42 heavy (non-hydrogen) atoms. The Kier molecular flexibility index (Phi) is 10.3. The van der Waals surface area contributed by atoms with Crippen LogP contribution in [-0.4, -0.2) is 46.7 Å². The summed E-state index contributed by atoms with van der Waals surface area (Å²) in [4.78, 5) is 24.9. The lowest BCUT2D eigenvalue weighted by Gasteiger charge is -2.24. The van der Waals surface area contributed by atoms with Gasteiger partial charge in [-0.1, -0.05) is 54.6 Å². The molecule has 0 aliphatic rings. The molecule has 0 saturated carbocycles. The highest BCUT2D eigenvalue weighted by molar-refractivity contribution is 7.92. The summed E-state index contributed by atoms with van der Waals surface area (Å²) in [7, 11) is -2.59. The van der Waals surface area contributed by atoms with Crippen molar-refractivity contribution in [1.82, 2.24) is 10.7 Å². The Balaban J connectivity index is 1.33. The van der Waals surface area contributed by atoms with Gasteiger partial charge in [0.25, 0.3) is 21.8 Å². The molecule has 0 bridgehead atoms. The van der Waals surface area contributed by atoms with Crippen molar-refractivity contribution in [2.24, 2.45) is 5.10 Å². The second-order valence-electron chi connectivity index (χ2n) is 8.94. The van der Waals surface area contributed by atoms with Gasteiger partial charge in [-0.3, -0.25) is 13.9 Å². The summed E-state index contributed by atoms with van der Waals surface area (Å²) in [6, 6.07) is 30.6. The average molecular weight is 587 g/mol. The maximum Gasteiger partial charge on any atom is 0.264 e. The van der Waals surface area contributed by atoms with Crippen LogP contribution < -0.4 is 24.5 Å². The van der Waals surface area contributed by atoms with Gasteiger partial charge in [0.1, 0.15) is 18.0 Å². The number of hydrazone groups is 1. The summed E-state index contributed by atoms with van der Waals surface area (Å²) in [6.45, 7) is -0.230. The summed E-state index contributed by atoms with van der Waals surface area (Å²) in [5, 5.41) is 6.75. The van der Waals surface area contributed by atoms with Crippen LogP contribution in [0.25, 0.3) is 0 Å². The molecule has 0 atom stereocenters. The van der Waals surface area contributed by atoms with Crippen molar-refractivity contribution < 1.29 is 27.5 Å². The first kappa shape index (κ1) is 29.8. The summed E-state index contributed by atoms with van der Waals surface area (Å²) < 4.78 is 38.6. The predicted molar refractivity (Wildman–Crippen MR) is 160 cm³/mol. The number of ether oxygens (including phenoxy) is 2. The average Bonchev–Trinajstić information content (AvgIpc) is 3.03. The van der Waals surface area contributed by atoms with Crippen LogP contribution in [-0.2, 0) is 26.2 Å². The van der Waals surface area contributed by atoms with Crippen molar-refractivity contribution in [2.45, 2.75) is 11.4 Å². The first-order valence-electron chi connectivity index (χ1n) is 12.9. The predicted octanol–water partition coefficient (Wildman–Crippen LogP) is 3.74. The van der Waals surface area contributed by atoms with Crippen LogP contribution in [0.4, 0.5) is 5.69 Å². The lowest BCUT2D eigenvalue weighted by atomic mass is 10.2. The molecule has 0 heterocycles. The number of nitrogens with one attached hydrogen (secondary N) is 2. The Bertz CT molecular complexity index is 1610. The van der Waals surface area contributed by atoms with Crippen LogP contribution >= 0.6 is 0 Å². The molecular weight excluding hydrogens is 556 g/mol. The van der Waals surface area contributed by atoms with Crippen molar-refractivity contribution in [3.8, 4) is 11.5 Å². The fourth-order valence-corrected chi connectivity index (χ4v) is 5.23. The highest BCUT2D eigenvalue weighted by Crippen LogP contribution is 2.26. The topological polar surface area (TPSA) is 126 Å². The number of nitrogens with zero attached hydrogens (tertiary/aromatic N) is 2. The van der Waals surface area contributed by atoms with Crippen LogP contribution in [0.3, 0.4) is 0 Å². The lowest BCUT2D eigenvalue weighted by Crippen LogP contribution is -2.39. The highest BCUT2D eigenvalue weighted by atomic mass is 32.2. The van der Waals surface area contributed by atoms with Crippen LogP contribution in [0, 0.1) is 0 Å². The van der Waals surface area contributed by atoms with Crippen molar-refractivity contribution in [2.75, 3.05) is 24.6 Å². The Morgan fingerprint density at radius 2 is 1.52 bits per heavy atom. The maximum atomic E-state index is 13.4. The van der Waals surface area contributed by atoms with E-state index in [0.29, 0.717) is 23.6 Å². The summed E-state index contributed by atoms with van der Waals surface area (Å²) in [5.41, 5.74) is 4.28. The Morgan fingerprint density at radius 1 is 0.833 bits per heavy atom. The summed E-state index contributed by atoms with van der Waals surface area (Å²) >= 11 is 0. The summed E-state index contributed by atoms with van der Waals surface area (Å²) in [5.74, 6) is 0.0463. The zero-order valence-electron chi connectivity index (χ0n) is 22.8. The van der Waals surface area contributed by atoms with E-state index in [1.165, 1.54) is 31.5 Å². The number of methoxy groups -OCH3 is 1. The molecule has 0 saturated heterocycles. The van der Waals surface area contributed by atoms with Crippen LogP contribution in [0.5, 0.6) is 11.5 Å². The zero-order valence-corrected chi connectivity index (χ0v) is 23.7. The van der Waals surface area contributed by atoms with Gasteiger partial charge >= 0.3 is 0 Å². The molecular formula is C31H30N4O6S. The Labute approximate surface area is 244 Å². The van der Waals surface area contributed by atoms with Gasteiger partial charge in [0.15, 0.2) is 6.61 Å². The number of hydrogen-bond acceptors (Lipinski definition) is 7. The minimum absolute atomic E-state index is 0.0418. The third kappa shape index (κ3) is 8.42. The number of rotatable bonds is 13. The molecule has 0 aliphatic carbocycles. The highest BCUT2D eigenvalue weighted by Gasteiger charge is 2.27. The third-order valence-electron chi connectivity index (χ3n) is 5.95. The molecule has 4 aromatic carbocycles. The van der Waals surface area contributed by atoms with E-state index in [-0.39, 0.29) is 23.1 Å². The fraction of sp³-hybridized carbons (Fsp3) is 0.129. The van der Waals surface area contributed by atoms with E-state index in [1.54, 1.807) is 60.7 Å². The molecule has 0 aliphatic heterocycles. The first-order valence-corrected chi connectivity index (χ1v) is 14.4. The molecule has 0 radical (unpaired) electrons. The van der Waals surface area contributed by atoms with Crippen LogP contribution in [0.1, 0.15) is 11.1 Å². The number of hydrogen-bond donors (Lipinski definition) is 2. The van der Waals surface area contributed by atoms with Gasteiger partial charge in [0.2, 0.25) is 0 Å². The normalized spacial score (nSPS) is 11.1. The molecule has 4 aromatic rings. The quantitative estimate of drug-likeness (QED) is 0.182. The van der Waals surface area contributed by atoms with Gasteiger partial charge in [-0.2, -0.15) is 5.10 Å².